The molecule has 110 valence electrons. The van der Waals surface area contributed by atoms with E-state index in [1.807, 2.05) is 37.3 Å². The fourth-order valence-corrected chi connectivity index (χ4v) is 1.81. The quantitative estimate of drug-likeness (QED) is 0.843. The summed E-state index contributed by atoms with van der Waals surface area (Å²) < 4.78 is 5.03. The first-order chi connectivity index (χ1) is 10.3. The van der Waals surface area contributed by atoms with E-state index in [1.165, 1.54) is 0 Å². The van der Waals surface area contributed by atoms with Gasteiger partial charge in [0.25, 0.3) is 0 Å². The topological polar surface area (TPSA) is 64.1 Å². The van der Waals surface area contributed by atoms with Crippen LogP contribution in [-0.2, 0) is 16.0 Å². The van der Waals surface area contributed by atoms with Crippen molar-refractivity contribution in [2.75, 3.05) is 19.8 Å². The van der Waals surface area contributed by atoms with Gasteiger partial charge in [0.2, 0.25) is 5.91 Å². The molecule has 5 nitrogen and oxygen atoms in total. The highest BCUT2D eigenvalue weighted by molar-refractivity contribution is 5.77. The zero-order valence-corrected chi connectivity index (χ0v) is 12.1. The van der Waals surface area contributed by atoms with Crippen molar-refractivity contribution in [1.82, 2.24) is 15.3 Å². The van der Waals surface area contributed by atoms with Crippen molar-refractivity contribution in [2.45, 2.75) is 13.3 Å². The van der Waals surface area contributed by atoms with Crippen molar-refractivity contribution in [3.63, 3.8) is 0 Å². The molecule has 1 aromatic heterocycles. The van der Waals surface area contributed by atoms with E-state index < -0.39 is 0 Å². The minimum atomic E-state index is -0.0984. The standard InChI is InChI=1S/C16H19N3O2/c1-2-21-12-15(20)17-9-8-13-10-18-16(19-11-13)14-6-4-3-5-7-14/h3-7,10-11H,2,8-9,12H2,1H3,(H,17,20). The lowest BCUT2D eigenvalue weighted by atomic mass is 10.2. The number of hydrogen-bond acceptors (Lipinski definition) is 4. The Kier molecular flexibility index (Phi) is 5.84. The van der Waals surface area contributed by atoms with Gasteiger partial charge < -0.3 is 10.1 Å². The van der Waals surface area contributed by atoms with Crippen molar-refractivity contribution >= 4 is 5.91 Å². The van der Waals surface area contributed by atoms with E-state index in [4.69, 9.17) is 4.74 Å². The molecule has 2 rings (SSSR count). The van der Waals surface area contributed by atoms with Gasteiger partial charge in [-0.2, -0.15) is 0 Å². The summed E-state index contributed by atoms with van der Waals surface area (Å²) in [4.78, 5) is 20.1. The average molecular weight is 285 g/mol. The molecule has 1 N–H and O–H groups in total. The Hall–Kier alpha value is -2.27. The van der Waals surface area contributed by atoms with Gasteiger partial charge in [0, 0.05) is 31.1 Å². The highest BCUT2D eigenvalue weighted by Crippen LogP contribution is 2.13. The van der Waals surface area contributed by atoms with Crippen LogP contribution in [0, 0.1) is 0 Å². The van der Waals surface area contributed by atoms with Crippen LogP contribution in [0.2, 0.25) is 0 Å². The van der Waals surface area contributed by atoms with Crippen LogP contribution in [0.4, 0.5) is 0 Å². The predicted molar refractivity (Wildman–Crippen MR) is 80.7 cm³/mol. The van der Waals surface area contributed by atoms with Crippen LogP contribution in [0.1, 0.15) is 12.5 Å². The third kappa shape index (κ3) is 4.96. The average Bonchev–Trinajstić information content (AvgIpc) is 2.54. The van der Waals surface area contributed by atoms with Gasteiger partial charge >= 0.3 is 0 Å². The van der Waals surface area contributed by atoms with Gasteiger partial charge in [-0.05, 0) is 18.9 Å². The van der Waals surface area contributed by atoms with Gasteiger partial charge in [-0.25, -0.2) is 9.97 Å². The molecule has 1 heterocycles. The maximum absolute atomic E-state index is 11.4. The van der Waals surface area contributed by atoms with E-state index in [-0.39, 0.29) is 12.5 Å². The fraction of sp³-hybridized carbons (Fsp3) is 0.312. The summed E-state index contributed by atoms with van der Waals surface area (Å²) in [5.41, 5.74) is 1.99. The predicted octanol–water partition coefficient (Wildman–Crippen LogP) is 1.84. The smallest absolute Gasteiger partial charge is 0.246 e. The molecule has 0 aliphatic carbocycles. The van der Waals surface area contributed by atoms with Gasteiger partial charge in [-0.3, -0.25) is 4.79 Å². The van der Waals surface area contributed by atoms with E-state index in [0.717, 1.165) is 11.1 Å². The Morgan fingerprint density at radius 2 is 1.90 bits per heavy atom. The van der Waals surface area contributed by atoms with Crippen molar-refractivity contribution in [3.05, 3.63) is 48.3 Å². The molecule has 5 heteroatoms. The zero-order valence-electron chi connectivity index (χ0n) is 12.1. The number of benzene rings is 1. The number of nitrogens with one attached hydrogen (secondary N) is 1. The summed E-state index contributed by atoms with van der Waals surface area (Å²) in [5.74, 6) is 0.610. The molecule has 0 spiro atoms. The van der Waals surface area contributed by atoms with Gasteiger partial charge in [0.05, 0.1) is 0 Å². The number of carbonyl (C=O) groups excluding carboxylic acids is 1. The summed E-state index contributed by atoms with van der Waals surface area (Å²) in [5, 5.41) is 2.79. The molecule has 0 aliphatic rings. The van der Waals surface area contributed by atoms with Gasteiger partial charge in [-0.1, -0.05) is 30.3 Å². The molecule has 0 bridgehead atoms. The Bertz CT molecular complexity index is 555. The highest BCUT2D eigenvalue weighted by atomic mass is 16.5. The maximum Gasteiger partial charge on any atom is 0.246 e. The number of carbonyl (C=O) groups is 1. The van der Waals surface area contributed by atoms with Crippen LogP contribution in [0.15, 0.2) is 42.7 Å². The third-order valence-electron chi connectivity index (χ3n) is 2.91. The van der Waals surface area contributed by atoms with E-state index in [0.29, 0.717) is 25.4 Å². The molecule has 0 radical (unpaired) electrons. The minimum Gasteiger partial charge on any atom is -0.372 e. The van der Waals surface area contributed by atoms with E-state index in [2.05, 4.69) is 15.3 Å². The summed E-state index contributed by atoms with van der Waals surface area (Å²) in [6.07, 6.45) is 4.29. The van der Waals surface area contributed by atoms with Crippen LogP contribution in [-0.4, -0.2) is 35.6 Å². The van der Waals surface area contributed by atoms with Gasteiger partial charge in [-0.15, -0.1) is 0 Å². The third-order valence-corrected chi connectivity index (χ3v) is 2.91. The molecular formula is C16H19N3O2. The normalized spacial score (nSPS) is 10.3. The largest absolute Gasteiger partial charge is 0.372 e. The van der Waals surface area contributed by atoms with E-state index >= 15 is 0 Å². The van der Waals surface area contributed by atoms with Crippen molar-refractivity contribution in [3.8, 4) is 11.4 Å². The Morgan fingerprint density at radius 3 is 2.57 bits per heavy atom. The maximum atomic E-state index is 11.4. The number of aromatic nitrogens is 2. The molecule has 0 fully saturated rings. The Morgan fingerprint density at radius 1 is 1.19 bits per heavy atom. The second-order valence-corrected chi connectivity index (χ2v) is 4.52. The van der Waals surface area contributed by atoms with Crippen LogP contribution in [0.25, 0.3) is 11.4 Å². The number of nitrogens with zero attached hydrogens (tertiary/aromatic N) is 2. The van der Waals surface area contributed by atoms with Crippen LogP contribution in [0.5, 0.6) is 0 Å². The fourth-order valence-electron chi connectivity index (χ4n) is 1.81. The summed E-state index contributed by atoms with van der Waals surface area (Å²) >= 11 is 0. The van der Waals surface area contributed by atoms with E-state index in [9.17, 15) is 4.79 Å². The molecule has 0 unspecified atom stereocenters. The number of hydrogen-bond donors (Lipinski definition) is 1. The van der Waals surface area contributed by atoms with Crippen molar-refractivity contribution in [1.29, 1.82) is 0 Å². The zero-order chi connectivity index (χ0) is 14.9. The van der Waals surface area contributed by atoms with Crippen molar-refractivity contribution in [2.24, 2.45) is 0 Å². The lowest BCUT2D eigenvalue weighted by Crippen LogP contribution is -2.29. The first kappa shape index (κ1) is 15.1. The minimum absolute atomic E-state index is 0.0984. The molecule has 2 aromatic rings. The molecule has 0 saturated carbocycles. The molecule has 0 saturated heterocycles. The second-order valence-electron chi connectivity index (χ2n) is 4.52. The second kappa shape index (κ2) is 8.11. The van der Waals surface area contributed by atoms with E-state index in [1.54, 1.807) is 12.4 Å². The molecule has 21 heavy (non-hydrogen) atoms. The monoisotopic (exact) mass is 285 g/mol. The molecule has 0 atom stereocenters. The van der Waals surface area contributed by atoms with Crippen LogP contribution in [0.3, 0.4) is 0 Å². The summed E-state index contributed by atoms with van der Waals surface area (Å²) in [6, 6.07) is 9.83. The first-order valence-electron chi connectivity index (χ1n) is 7.00. The van der Waals surface area contributed by atoms with Gasteiger partial charge in [0.1, 0.15) is 6.61 Å². The van der Waals surface area contributed by atoms with Gasteiger partial charge in [0.15, 0.2) is 5.82 Å². The summed E-state index contributed by atoms with van der Waals surface area (Å²) in [6.45, 7) is 3.07. The Balaban J connectivity index is 1.82. The van der Waals surface area contributed by atoms with Crippen LogP contribution >= 0.6 is 0 Å². The summed E-state index contributed by atoms with van der Waals surface area (Å²) in [7, 11) is 0. The number of rotatable bonds is 7. The molecule has 1 aromatic carbocycles. The number of ether oxygens (including phenoxy) is 1. The highest BCUT2D eigenvalue weighted by Gasteiger charge is 2.02. The Labute approximate surface area is 124 Å². The SMILES string of the molecule is CCOCC(=O)NCCc1cnc(-c2ccccc2)nc1. The molecule has 1 amide bonds. The van der Waals surface area contributed by atoms with Crippen molar-refractivity contribution < 1.29 is 9.53 Å². The lowest BCUT2D eigenvalue weighted by molar-refractivity contribution is -0.125. The molecule has 0 aliphatic heterocycles. The van der Waals surface area contributed by atoms with Crippen LogP contribution < -0.4 is 5.32 Å². The lowest BCUT2D eigenvalue weighted by Gasteiger charge is -2.05. The molecular weight excluding hydrogens is 266 g/mol. The number of amides is 1. The first-order valence-corrected chi connectivity index (χ1v) is 7.00.